The van der Waals surface area contributed by atoms with Gasteiger partial charge in [0.1, 0.15) is 5.76 Å². The summed E-state index contributed by atoms with van der Waals surface area (Å²) >= 11 is 0. The van der Waals surface area contributed by atoms with Crippen LogP contribution in [0.15, 0.2) is 52.0 Å². The van der Waals surface area contributed by atoms with Gasteiger partial charge in [-0.05, 0) is 49.4 Å². The summed E-state index contributed by atoms with van der Waals surface area (Å²) in [6.07, 6.45) is 6.81. The molecule has 1 N–H and O–H groups in total. The number of carbonyl (C=O) groups is 2. The molecular weight excluding hydrogens is 414 g/mol. The molecule has 5 rings (SSSR count). The van der Waals surface area contributed by atoms with Crippen molar-refractivity contribution in [1.82, 2.24) is 10.3 Å². The van der Waals surface area contributed by atoms with E-state index in [-0.39, 0.29) is 11.8 Å². The van der Waals surface area contributed by atoms with Gasteiger partial charge in [0, 0.05) is 36.2 Å². The lowest BCUT2D eigenvalue weighted by Gasteiger charge is -2.19. The Bertz CT molecular complexity index is 1230. The smallest absolute Gasteiger partial charge is 0.289 e. The molecule has 33 heavy (non-hydrogen) atoms. The Morgan fingerprint density at radius 3 is 2.52 bits per heavy atom. The first-order valence-electron chi connectivity index (χ1n) is 11.9. The molecule has 2 aromatic carbocycles. The molecule has 1 aromatic heterocycles. The Morgan fingerprint density at radius 1 is 0.939 bits per heavy atom. The van der Waals surface area contributed by atoms with Crippen LogP contribution in [0.4, 0.5) is 0 Å². The van der Waals surface area contributed by atoms with E-state index in [1.807, 2.05) is 54.3 Å². The number of nitrogens with one attached hydrogen (secondary N) is 1. The van der Waals surface area contributed by atoms with Crippen LogP contribution in [-0.4, -0.2) is 35.5 Å². The molecule has 0 saturated carbocycles. The minimum Gasteiger partial charge on any atom is -0.455 e. The van der Waals surface area contributed by atoms with Gasteiger partial charge in [0.2, 0.25) is 0 Å². The summed E-state index contributed by atoms with van der Waals surface area (Å²) in [7, 11) is 0. The summed E-state index contributed by atoms with van der Waals surface area (Å²) in [4.78, 5) is 28.1. The van der Waals surface area contributed by atoms with Crippen molar-refractivity contribution in [3.8, 4) is 0 Å². The van der Waals surface area contributed by atoms with E-state index >= 15 is 0 Å². The van der Waals surface area contributed by atoms with Crippen molar-refractivity contribution in [2.75, 3.05) is 13.1 Å². The molecule has 1 aliphatic carbocycles. The van der Waals surface area contributed by atoms with Crippen LogP contribution >= 0.6 is 0 Å². The van der Waals surface area contributed by atoms with Crippen LogP contribution in [0.2, 0.25) is 0 Å². The number of carbonyl (C=O) groups excluding carboxylic acids is 2. The van der Waals surface area contributed by atoms with Gasteiger partial charge in [-0.25, -0.2) is 5.43 Å². The van der Waals surface area contributed by atoms with E-state index in [0.717, 1.165) is 78.6 Å². The molecule has 0 bridgehead atoms. The van der Waals surface area contributed by atoms with E-state index in [4.69, 9.17) is 4.42 Å². The van der Waals surface area contributed by atoms with Gasteiger partial charge in [-0.3, -0.25) is 9.59 Å². The molecule has 6 nitrogen and oxygen atoms in total. The van der Waals surface area contributed by atoms with Gasteiger partial charge < -0.3 is 9.32 Å². The zero-order valence-electron chi connectivity index (χ0n) is 19.0. The standard InChI is InChI=1S/C27H29N3O3/c1-18-24-22(28-29-26(31)21-13-8-11-19-10-4-5-12-20(19)21)14-9-15-23(24)33-25(18)27(32)30-16-6-2-3-7-17-30/h4-5,8,10-13H,2-3,6-7,9,14-17H2,1H3,(H,29,31)/b28-22+. The Labute approximate surface area is 193 Å². The molecule has 0 spiro atoms. The Morgan fingerprint density at radius 2 is 1.70 bits per heavy atom. The lowest BCUT2D eigenvalue weighted by molar-refractivity contribution is 0.0726. The van der Waals surface area contributed by atoms with Crippen LogP contribution in [0.1, 0.15) is 76.3 Å². The molecular formula is C27H29N3O3. The van der Waals surface area contributed by atoms with Crippen LogP contribution < -0.4 is 5.43 Å². The van der Waals surface area contributed by atoms with E-state index in [1.165, 1.54) is 12.8 Å². The third-order valence-corrected chi connectivity index (χ3v) is 6.74. The summed E-state index contributed by atoms with van der Waals surface area (Å²) in [5.41, 5.74) is 5.84. The summed E-state index contributed by atoms with van der Waals surface area (Å²) in [6, 6.07) is 13.5. The maximum absolute atomic E-state index is 13.2. The highest BCUT2D eigenvalue weighted by atomic mass is 16.4. The number of amides is 2. The summed E-state index contributed by atoms with van der Waals surface area (Å²) in [6.45, 7) is 3.50. The van der Waals surface area contributed by atoms with Gasteiger partial charge in [-0.15, -0.1) is 0 Å². The number of benzene rings is 2. The Balaban J connectivity index is 1.41. The number of nitrogens with zero attached hydrogens (tertiary/aromatic N) is 2. The number of aryl methyl sites for hydroxylation is 1. The van der Waals surface area contributed by atoms with Gasteiger partial charge in [-0.2, -0.15) is 5.10 Å². The second-order valence-corrected chi connectivity index (χ2v) is 8.94. The number of fused-ring (bicyclic) bond motifs is 2. The maximum Gasteiger partial charge on any atom is 0.289 e. The van der Waals surface area contributed by atoms with Crippen LogP contribution in [0.5, 0.6) is 0 Å². The minimum absolute atomic E-state index is 0.0251. The zero-order valence-corrected chi connectivity index (χ0v) is 19.0. The van der Waals surface area contributed by atoms with Crippen LogP contribution in [0, 0.1) is 6.92 Å². The third-order valence-electron chi connectivity index (χ3n) is 6.74. The number of hydrogen-bond donors (Lipinski definition) is 1. The van der Waals surface area contributed by atoms with E-state index < -0.39 is 0 Å². The average Bonchev–Trinajstić information content (AvgIpc) is 3.01. The normalized spacial score (nSPS) is 17.6. The fraction of sp³-hybridized carbons (Fsp3) is 0.370. The molecule has 1 fully saturated rings. The first kappa shape index (κ1) is 21.4. The van der Waals surface area contributed by atoms with Crippen molar-refractivity contribution >= 4 is 28.3 Å². The fourth-order valence-electron chi connectivity index (χ4n) is 5.00. The number of hydrogen-bond acceptors (Lipinski definition) is 4. The summed E-state index contributed by atoms with van der Waals surface area (Å²) in [5.74, 6) is 0.961. The van der Waals surface area contributed by atoms with Crippen LogP contribution in [-0.2, 0) is 6.42 Å². The average molecular weight is 444 g/mol. The SMILES string of the molecule is Cc1c(C(=O)N2CCCCCC2)oc2c1/C(=N/NC(=O)c1cccc3ccccc13)CCC2. The molecule has 0 atom stereocenters. The van der Waals surface area contributed by atoms with Crippen molar-refractivity contribution in [3.05, 3.63) is 70.7 Å². The first-order chi connectivity index (χ1) is 16.1. The van der Waals surface area contributed by atoms with Crippen molar-refractivity contribution in [3.63, 3.8) is 0 Å². The second kappa shape index (κ2) is 9.22. The molecule has 170 valence electrons. The van der Waals surface area contributed by atoms with Gasteiger partial charge in [-0.1, -0.05) is 49.2 Å². The molecule has 2 heterocycles. The highest BCUT2D eigenvalue weighted by Gasteiger charge is 2.30. The largest absolute Gasteiger partial charge is 0.455 e. The first-order valence-corrected chi connectivity index (χ1v) is 11.9. The number of likely N-dealkylation sites (tertiary alicyclic amines) is 1. The van der Waals surface area contributed by atoms with Crippen molar-refractivity contribution in [1.29, 1.82) is 0 Å². The van der Waals surface area contributed by atoms with Crippen molar-refractivity contribution < 1.29 is 14.0 Å². The molecule has 1 saturated heterocycles. The maximum atomic E-state index is 13.2. The predicted octanol–water partition coefficient (Wildman–Crippen LogP) is 5.23. The van der Waals surface area contributed by atoms with Crippen molar-refractivity contribution in [2.45, 2.75) is 51.9 Å². The topological polar surface area (TPSA) is 74.9 Å². The van der Waals surface area contributed by atoms with E-state index in [9.17, 15) is 9.59 Å². The van der Waals surface area contributed by atoms with Gasteiger partial charge >= 0.3 is 0 Å². The number of hydrazone groups is 1. The van der Waals surface area contributed by atoms with Gasteiger partial charge in [0.25, 0.3) is 11.8 Å². The summed E-state index contributed by atoms with van der Waals surface area (Å²) in [5, 5.41) is 6.41. The fourth-order valence-corrected chi connectivity index (χ4v) is 5.00. The minimum atomic E-state index is -0.242. The van der Waals surface area contributed by atoms with Crippen molar-refractivity contribution in [2.24, 2.45) is 5.10 Å². The molecule has 0 unspecified atom stereocenters. The lowest BCUT2D eigenvalue weighted by Crippen LogP contribution is -2.32. The van der Waals surface area contributed by atoms with E-state index in [1.54, 1.807) is 0 Å². The van der Waals surface area contributed by atoms with E-state index in [2.05, 4.69) is 10.5 Å². The Hall–Kier alpha value is -3.41. The second-order valence-electron chi connectivity index (χ2n) is 8.94. The monoisotopic (exact) mass is 443 g/mol. The lowest BCUT2D eigenvalue weighted by atomic mass is 9.93. The molecule has 3 aromatic rings. The predicted molar refractivity (Wildman–Crippen MR) is 129 cm³/mol. The number of rotatable bonds is 3. The van der Waals surface area contributed by atoms with Crippen LogP contribution in [0.25, 0.3) is 10.8 Å². The van der Waals surface area contributed by atoms with Gasteiger partial charge in [0.15, 0.2) is 5.76 Å². The molecule has 0 radical (unpaired) electrons. The molecule has 2 amide bonds. The molecule has 6 heteroatoms. The van der Waals surface area contributed by atoms with Crippen LogP contribution in [0.3, 0.4) is 0 Å². The summed E-state index contributed by atoms with van der Waals surface area (Å²) < 4.78 is 6.09. The zero-order chi connectivity index (χ0) is 22.8. The van der Waals surface area contributed by atoms with E-state index in [0.29, 0.717) is 11.3 Å². The Kier molecular flexibility index (Phi) is 5.99. The molecule has 1 aliphatic heterocycles. The molecule has 2 aliphatic rings. The quantitative estimate of drug-likeness (QED) is 0.564. The number of furan rings is 1. The third kappa shape index (κ3) is 4.17. The highest BCUT2D eigenvalue weighted by molar-refractivity contribution is 6.09. The van der Waals surface area contributed by atoms with Gasteiger partial charge in [0.05, 0.1) is 5.71 Å². The highest BCUT2D eigenvalue weighted by Crippen LogP contribution is 2.31.